The molecule has 0 spiro atoms. The molecule has 1 aliphatic carbocycles. The average molecular weight is 314 g/mol. The number of hydrogen-bond acceptors (Lipinski definition) is 2. The van der Waals surface area contributed by atoms with Gasteiger partial charge in [-0.15, -0.1) is 0 Å². The van der Waals surface area contributed by atoms with Gasteiger partial charge in [0.1, 0.15) is 0 Å². The molecule has 0 radical (unpaired) electrons. The summed E-state index contributed by atoms with van der Waals surface area (Å²) in [4.78, 5) is 0. The fraction of sp³-hybridized carbons (Fsp3) is 0.786. The van der Waals surface area contributed by atoms with E-state index >= 15 is 0 Å². The highest BCUT2D eigenvalue weighted by Gasteiger charge is 2.22. The molecule has 1 aromatic rings. The molecule has 3 nitrogen and oxygen atoms in total. The maximum atomic E-state index is 4.53. The molecule has 1 saturated carbocycles. The number of nitrogens with one attached hydrogen (secondary N) is 1. The van der Waals surface area contributed by atoms with Gasteiger partial charge in [0, 0.05) is 19.6 Å². The van der Waals surface area contributed by atoms with Gasteiger partial charge in [-0.1, -0.05) is 19.8 Å². The van der Waals surface area contributed by atoms with Gasteiger partial charge in [-0.3, -0.25) is 4.68 Å². The first-order valence-electron chi connectivity index (χ1n) is 7.07. The van der Waals surface area contributed by atoms with Crippen LogP contribution in [0.2, 0.25) is 0 Å². The number of nitrogens with zero attached hydrogens (tertiary/aromatic N) is 2. The third-order valence-electron chi connectivity index (χ3n) is 4.20. The second kappa shape index (κ2) is 6.20. The van der Waals surface area contributed by atoms with Crippen molar-refractivity contribution in [2.75, 3.05) is 0 Å². The summed E-state index contributed by atoms with van der Waals surface area (Å²) in [6, 6.07) is 0.611. The Bertz CT molecular complexity index is 394. The first kappa shape index (κ1) is 14.1. The van der Waals surface area contributed by atoms with Gasteiger partial charge < -0.3 is 5.32 Å². The smallest absolute Gasteiger partial charge is 0.0767 e. The van der Waals surface area contributed by atoms with Crippen molar-refractivity contribution in [3.63, 3.8) is 0 Å². The van der Waals surface area contributed by atoms with E-state index in [9.17, 15) is 0 Å². The van der Waals surface area contributed by atoms with Gasteiger partial charge in [0.15, 0.2) is 0 Å². The Morgan fingerprint density at radius 2 is 2.11 bits per heavy atom. The number of aryl methyl sites for hydroxylation is 2. The SMILES string of the molecule is CCc1nn(C)c(CN[C@H](C)C2CCCC2)c1Br. The molecule has 102 valence electrons. The first-order valence-corrected chi connectivity index (χ1v) is 7.86. The molecule has 0 aromatic carbocycles. The molecule has 0 unspecified atom stereocenters. The van der Waals surface area contributed by atoms with Crippen LogP contribution in [-0.4, -0.2) is 15.8 Å². The zero-order valence-corrected chi connectivity index (χ0v) is 13.3. The van der Waals surface area contributed by atoms with Gasteiger partial charge in [0.25, 0.3) is 0 Å². The Hall–Kier alpha value is -0.350. The van der Waals surface area contributed by atoms with Crippen LogP contribution in [0.1, 0.15) is 50.9 Å². The Morgan fingerprint density at radius 3 is 2.67 bits per heavy atom. The van der Waals surface area contributed by atoms with Gasteiger partial charge in [-0.2, -0.15) is 5.10 Å². The molecule has 2 rings (SSSR count). The van der Waals surface area contributed by atoms with E-state index in [4.69, 9.17) is 0 Å². The van der Waals surface area contributed by atoms with E-state index in [2.05, 4.69) is 40.2 Å². The van der Waals surface area contributed by atoms with E-state index in [1.54, 1.807) is 0 Å². The highest BCUT2D eigenvalue weighted by molar-refractivity contribution is 9.10. The highest BCUT2D eigenvalue weighted by Crippen LogP contribution is 2.28. The van der Waals surface area contributed by atoms with Crippen LogP contribution in [0.15, 0.2) is 4.47 Å². The second-order valence-corrected chi connectivity index (χ2v) is 6.19. The van der Waals surface area contributed by atoms with E-state index in [-0.39, 0.29) is 0 Å². The Balaban J connectivity index is 1.95. The summed E-state index contributed by atoms with van der Waals surface area (Å²) in [6.45, 7) is 5.37. The predicted octanol–water partition coefficient (Wildman–Crippen LogP) is 3.41. The van der Waals surface area contributed by atoms with Crippen LogP contribution in [0.5, 0.6) is 0 Å². The number of halogens is 1. The quantitative estimate of drug-likeness (QED) is 0.902. The number of aromatic nitrogens is 2. The van der Waals surface area contributed by atoms with Crippen LogP contribution in [-0.2, 0) is 20.0 Å². The van der Waals surface area contributed by atoms with E-state index in [1.165, 1.54) is 35.8 Å². The minimum atomic E-state index is 0.611. The molecule has 1 heterocycles. The largest absolute Gasteiger partial charge is 0.308 e. The summed E-state index contributed by atoms with van der Waals surface area (Å²) in [7, 11) is 2.03. The number of rotatable bonds is 5. The van der Waals surface area contributed by atoms with Crippen LogP contribution in [0.4, 0.5) is 0 Å². The molecule has 1 aromatic heterocycles. The lowest BCUT2D eigenvalue weighted by molar-refractivity contribution is 0.376. The van der Waals surface area contributed by atoms with Crippen LogP contribution in [0.3, 0.4) is 0 Å². The molecule has 0 amide bonds. The predicted molar refractivity (Wildman–Crippen MR) is 78.5 cm³/mol. The van der Waals surface area contributed by atoms with Crippen molar-refractivity contribution in [1.29, 1.82) is 0 Å². The lowest BCUT2D eigenvalue weighted by atomic mass is 10.00. The van der Waals surface area contributed by atoms with Gasteiger partial charge in [-0.05, 0) is 48.0 Å². The van der Waals surface area contributed by atoms with Crippen LogP contribution in [0.25, 0.3) is 0 Å². The molecule has 1 fully saturated rings. The van der Waals surface area contributed by atoms with Crippen molar-refractivity contribution in [2.24, 2.45) is 13.0 Å². The number of hydrogen-bond donors (Lipinski definition) is 1. The van der Waals surface area contributed by atoms with Crippen molar-refractivity contribution in [2.45, 2.75) is 58.5 Å². The maximum absolute atomic E-state index is 4.53. The Labute approximate surface area is 118 Å². The lowest BCUT2D eigenvalue weighted by Crippen LogP contribution is -2.32. The summed E-state index contributed by atoms with van der Waals surface area (Å²) in [6.07, 6.45) is 6.58. The standard InChI is InChI=1S/C14H24BrN3/c1-4-12-14(15)13(18(3)17-12)9-16-10(2)11-7-5-6-8-11/h10-11,16H,4-9H2,1-3H3/t10-/m1/s1. The zero-order chi connectivity index (χ0) is 13.1. The molecular weight excluding hydrogens is 290 g/mol. The van der Waals surface area contributed by atoms with E-state index in [1.807, 2.05) is 11.7 Å². The summed E-state index contributed by atoms with van der Waals surface area (Å²) >= 11 is 3.67. The van der Waals surface area contributed by atoms with E-state index < -0.39 is 0 Å². The first-order chi connectivity index (χ1) is 8.63. The van der Waals surface area contributed by atoms with Crippen molar-refractivity contribution in [1.82, 2.24) is 15.1 Å². The van der Waals surface area contributed by atoms with Gasteiger partial charge in [0.2, 0.25) is 0 Å². The molecule has 0 aliphatic heterocycles. The highest BCUT2D eigenvalue weighted by atomic mass is 79.9. The van der Waals surface area contributed by atoms with Crippen molar-refractivity contribution >= 4 is 15.9 Å². The Morgan fingerprint density at radius 1 is 1.44 bits per heavy atom. The maximum Gasteiger partial charge on any atom is 0.0767 e. The summed E-state index contributed by atoms with van der Waals surface area (Å²) in [5.41, 5.74) is 2.42. The third-order valence-corrected chi connectivity index (χ3v) is 5.12. The molecule has 1 aliphatic rings. The van der Waals surface area contributed by atoms with Crippen molar-refractivity contribution in [3.8, 4) is 0 Å². The van der Waals surface area contributed by atoms with Gasteiger partial charge in [0.05, 0.1) is 15.9 Å². The molecule has 1 N–H and O–H groups in total. The Kier molecular flexibility index (Phi) is 4.84. The average Bonchev–Trinajstić information content (AvgIpc) is 2.96. The molecule has 0 saturated heterocycles. The monoisotopic (exact) mass is 313 g/mol. The normalized spacial score (nSPS) is 18.4. The van der Waals surface area contributed by atoms with E-state index in [0.717, 1.165) is 24.6 Å². The minimum Gasteiger partial charge on any atom is -0.308 e. The summed E-state index contributed by atoms with van der Waals surface area (Å²) < 4.78 is 3.18. The topological polar surface area (TPSA) is 29.9 Å². The molecule has 4 heteroatoms. The molecule has 0 bridgehead atoms. The van der Waals surface area contributed by atoms with Crippen LogP contribution in [0, 0.1) is 5.92 Å². The zero-order valence-electron chi connectivity index (χ0n) is 11.7. The van der Waals surface area contributed by atoms with Crippen LogP contribution >= 0.6 is 15.9 Å². The summed E-state index contributed by atoms with van der Waals surface area (Å²) in [5.74, 6) is 0.864. The van der Waals surface area contributed by atoms with E-state index in [0.29, 0.717) is 6.04 Å². The van der Waals surface area contributed by atoms with Gasteiger partial charge in [-0.25, -0.2) is 0 Å². The fourth-order valence-corrected chi connectivity index (χ4v) is 3.65. The third kappa shape index (κ3) is 2.97. The van der Waals surface area contributed by atoms with Gasteiger partial charge >= 0.3 is 0 Å². The summed E-state index contributed by atoms with van der Waals surface area (Å²) in [5, 5.41) is 8.20. The minimum absolute atomic E-state index is 0.611. The fourth-order valence-electron chi connectivity index (χ4n) is 2.89. The van der Waals surface area contributed by atoms with Crippen molar-refractivity contribution in [3.05, 3.63) is 15.9 Å². The molecular formula is C14H24BrN3. The second-order valence-electron chi connectivity index (χ2n) is 5.40. The lowest BCUT2D eigenvalue weighted by Gasteiger charge is -2.20. The molecule has 18 heavy (non-hydrogen) atoms. The molecule has 1 atom stereocenters. The van der Waals surface area contributed by atoms with Crippen molar-refractivity contribution < 1.29 is 0 Å². The van der Waals surface area contributed by atoms with Crippen LogP contribution < -0.4 is 5.32 Å².